The maximum absolute atomic E-state index is 12.3. The third-order valence-electron chi connectivity index (χ3n) is 3.83. The molecule has 2 aromatic carbocycles. The van der Waals surface area contributed by atoms with Crippen LogP contribution in [0.15, 0.2) is 59.4 Å². The van der Waals surface area contributed by atoms with Crippen molar-refractivity contribution in [2.45, 2.75) is 6.92 Å². The van der Waals surface area contributed by atoms with E-state index in [0.29, 0.717) is 17.4 Å². The molecule has 0 radical (unpaired) electrons. The zero-order chi connectivity index (χ0) is 19.9. The lowest BCUT2D eigenvalue weighted by atomic mass is 10.1. The summed E-state index contributed by atoms with van der Waals surface area (Å²) in [5, 5.41) is 6.77. The van der Waals surface area contributed by atoms with Gasteiger partial charge in [0.25, 0.3) is 17.4 Å². The van der Waals surface area contributed by atoms with Gasteiger partial charge in [-0.25, -0.2) is 5.10 Å². The van der Waals surface area contributed by atoms with Crippen molar-refractivity contribution in [2.75, 3.05) is 6.61 Å². The van der Waals surface area contributed by atoms with Gasteiger partial charge < -0.3 is 4.74 Å². The minimum absolute atomic E-state index is 0.00555. The van der Waals surface area contributed by atoms with Crippen molar-refractivity contribution in [3.05, 3.63) is 76.2 Å². The smallest absolute Gasteiger partial charge is 0.290 e. The summed E-state index contributed by atoms with van der Waals surface area (Å²) in [7, 11) is 0. The Morgan fingerprint density at radius 1 is 1.07 bits per heavy atom. The van der Waals surface area contributed by atoms with Gasteiger partial charge in [-0.3, -0.25) is 25.2 Å². The van der Waals surface area contributed by atoms with Crippen molar-refractivity contribution in [1.82, 2.24) is 21.0 Å². The van der Waals surface area contributed by atoms with E-state index in [9.17, 15) is 14.4 Å². The monoisotopic (exact) mass is 378 g/mol. The zero-order valence-electron chi connectivity index (χ0n) is 15.1. The van der Waals surface area contributed by atoms with Crippen LogP contribution in [0, 0.1) is 0 Å². The molecule has 1 heterocycles. The van der Waals surface area contributed by atoms with Gasteiger partial charge in [0.1, 0.15) is 5.75 Å². The van der Waals surface area contributed by atoms with Crippen LogP contribution in [0.25, 0.3) is 16.8 Å². The van der Waals surface area contributed by atoms with Gasteiger partial charge in [-0.05, 0) is 36.8 Å². The second kappa shape index (κ2) is 8.63. The Balaban J connectivity index is 1.62. The first kappa shape index (κ1) is 18.8. The molecular formula is C20H18N4O4. The zero-order valence-corrected chi connectivity index (χ0v) is 15.1. The molecule has 8 nitrogen and oxygen atoms in total. The summed E-state index contributed by atoms with van der Waals surface area (Å²) in [4.78, 5) is 36.0. The van der Waals surface area contributed by atoms with Crippen molar-refractivity contribution in [3.63, 3.8) is 0 Å². The molecule has 0 spiro atoms. The normalized spacial score (nSPS) is 10.8. The van der Waals surface area contributed by atoms with E-state index in [4.69, 9.17) is 4.74 Å². The number of H-pyrrole nitrogens is 1. The highest BCUT2D eigenvalue weighted by Gasteiger charge is 2.14. The standard InChI is InChI=1S/C20H18N4O4/c1-2-28-14-10-7-13(8-11-14)9-12-17(25)21-24-20(27)18-15-5-3-4-6-16(15)19(26)23-22-18/h3-12H,2H2,1H3,(H,21,25)(H,23,26)(H,24,27)/b12-9+. The molecule has 3 aromatic rings. The highest BCUT2D eigenvalue weighted by molar-refractivity contribution is 6.05. The fraction of sp³-hybridized carbons (Fsp3) is 0.100. The molecule has 8 heteroatoms. The second-order valence-corrected chi connectivity index (χ2v) is 5.73. The third kappa shape index (κ3) is 4.42. The SMILES string of the molecule is CCOc1ccc(/C=C/C(=O)NNC(=O)c2n[nH]c(=O)c3ccccc23)cc1. The number of hydrogen-bond acceptors (Lipinski definition) is 5. The van der Waals surface area contributed by atoms with E-state index in [1.54, 1.807) is 42.5 Å². The Morgan fingerprint density at radius 3 is 2.50 bits per heavy atom. The highest BCUT2D eigenvalue weighted by atomic mass is 16.5. The number of aromatic nitrogens is 2. The summed E-state index contributed by atoms with van der Waals surface area (Å²) in [6, 6.07) is 13.8. The molecular weight excluding hydrogens is 360 g/mol. The summed E-state index contributed by atoms with van der Waals surface area (Å²) in [5.74, 6) is -0.414. The molecule has 1 aromatic heterocycles. The minimum atomic E-state index is -0.643. The van der Waals surface area contributed by atoms with Gasteiger partial charge in [-0.1, -0.05) is 30.3 Å². The molecule has 3 rings (SSSR count). The number of nitrogens with zero attached hydrogens (tertiary/aromatic N) is 1. The van der Waals surface area contributed by atoms with Gasteiger partial charge >= 0.3 is 0 Å². The Kier molecular flexibility index (Phi) is 5.81. The van der Waals surface area contributed by atoms with Crippen LogP contribution in [0.2, 0.25) is 0 Å². The van der Waals surface area contributed by atoms with Crippen LogP contribution in [0.1, 0.15) is 23.0 Å². The number of hydrazine groups is 1. The largest absolute Gasteiger partial charge is 0.494 e. The molecule has 28 heavy (non-hydrogen) atoms. The molecule has 3 N–H and O–H groups in total. The van der Waals surface area contributed by atoms with E-state index in [1.807, 2.05) is 19.1 Å². The minimum Gasteiger partial charge on any atom is -0.494 e. The molecule has 0 aliphatic rings. The first-order valence-electron chi connectivity index (χ1n) is 8.57. The predicted octanol–water partition coefficient (Wildman–Crippen LogP) is 1.80. The molecule has 0 atom stereocenters. The molecule has 2 amide bonds. The van der Waals surface area contributed by atoms with Crippen molar-refractivity contribution >= 4 is 28.7 Å². The van der Waals surface area contributed by atoms with Crippen LogP contribution < -0.4 is 21.1 Å². The van der Waals surface area contributed by atoms with Gasteiger partial charge in [0.2, 0.25) is 0 Å². The molecule has 0 bridgehead atoms. The number of carbonyl (C=O) groups excluding carboxylic acids is 2. The Bertz CT molecular complexity index is 1090. The van der Waals surface area contributed by atoms with Gasteiger partial charge in [0.15, 0.2) is 5.69 Å². The Labute approximate surface area is 160 Å². The number of benzene rings is 2. The fourth-order valence-corrected chi connectivity index (χ4v) is 2.52. The molecule has 0 fully saturated rings. The van der Waals surface area contributed by atoms with Gasteiger partial charge in [-0.2, -0.15) is 5.10 Å². The molecule has 142 valence electrons. The Morgan fingerprint density at radius 2 is 1.79 bits per heavy atom. The van der Waals surface area contributed by atoms with E-state index in [-0.39, 0.29) is 5.69 Å². The van der Waals surface area contributed by atoms with Gasteiger partial charge in [0.05, 0.1) is 12.0 Å². The number of aromatic amines is 1. The predicted molar refractivity (Wildman–Crippen MR) is 105 cm³/mol. The first-order chi connectivity index (χ1) is 13.6. The fourth-order valence-electron chi connectivity index (χ4n) is 2.52. The van der Waals surface area contributed by atoms with Crippen molar-refractivity contribution in [3.8, 4) is 5.75 Å². The summed E-state index contributed by atoms with van der Waals surface area (Å²) >= 11 is 0. The van der Waals surface area contributed by atoms with E-state index >= 15 is 0 Å². The van der Waals surface area contributed by atoms with Gasteiger partial charge in [0, 0.05) is 11.5 Å². The number of hydrogen-bond donors (Lipinski definition) is 3. The van der Waals surface area contributed by atoms with Crippen LogP contribution >= 0.6 is 0 Å². The molecule has 0 aliphatic heterocycles. The van der Waals surface area contributed by atoms with Gasteiger partial charge in [-0.15, -0.1) is 0 Å². The van der Waals surface area contributed by atoms with E-state index in [0.717, 1.165) is 11.3 Å². The highest BCUT2D eigenvalue weighted by Crippen LogP contribution is 2.13. The molecule has 0 saturated heterocycles. The molecule has 0 saturated carbocycles. The summed E-state index contributed by atoms with van der Waals surface area (Å²) in [6.07, 6.45) is 2.89. The first-order valence-corrected chi connectivity index (χ1v) is 8.57. The van der Waals surface area contributed by atoms with Crippen LogP contribution in [-0.4, -0.2) is 28.6 Å². The van der Waals surface area contributed by atoms with Crippen molar-refractivity contribution in [1.29, 1.82) is 0 Å². The van der Waals surface area contributed by atoms with Crippen molar-refractivity contribution < 1.29 is 14.3 Å². The number of fused-ring (bicyclic) bond motifs is 1. The Hall–Kier alpha value is -3.94. The average Bonchev–Trinajstić information content (AvgIpc) is 2.72. The summed E-state index contributed by atoms with van der Waals surface area (Å²) < 4.78 is 5.35. The lowest BCUT2D eigenvalue weighted by Crippen LogP contribution is -2.41. The van der Waals surface area contributed by atoms with E-state index in [1.165, 1.54) is 6.08 Å². The lowest BCUT2D eigenvalue weighted by Gasteiger charge is -2.06. The van der Waals surface area contributed by atoms with E-state index in [2.05, 4.69) is 21.0 Å². The number of nitrogens with one attached hydrogen (secondary N) is 3. The number of amides is 2. The lowest BCUT2D eigenvalue weighted by molar-refractivity contribution is -0.117. The number of ether oxygens (including phenoxy) is 1. The van der Waals surface area contributed by atoms with E-state index < -0.39 is 17.4 Å². The quantitative estimate of drug-likeness (QED) is 0.463. The summed E-state index contributed by atoms with van der Waals surface area (Å²) in [5.41, 5.74) is 4.97. The van der Waals surface area contributed by atoms with Crippen LogP contribution in [-0.2, 0) is 4.79 Å². The molecule has 0 aliphatic carbocycles. The van der Waals surface area contributed by atoms with Crippen LogP contribution in [0.5, 0.6) is 5.75 Å². The summed E-state index contributed by atoms with van der Waals surface area (Å²) in [6.45, 7) is 2.48. The topological polar surface area (TPSA) is 113 Å². The number of carbonyl (C=O) groups is 2. The van der Waals surface area contributed by atoms with Crippen molar-refractivity contribution in [2.24, 2.45) is 0 Å². The number of rotatable bonds is 5. The molecule has 0 unspecified atom stereocenters. The average molecular weight is 378 g/mol. The van der Waals surface area contributed by atoms with Crippen LogP contribution in [0.4, 0.5) is 0 Å². The third-order valence-corrected chi connectivity index (χ3v) is 3.83. The maximum Gasteiger partial charge on any atom is 0.290 e. The maximum atomic E-state index is 12.3. The van der Waals surface area contributed by atoms with Crippen LogP contribution in [0.3, 0.4) is 0 Å². The second-order valence-electron chi connectivity index (χ2n) is 5.73.